The highest BCUT2D eigenvalue weighted by atomic mass is 32.1. The summed E-state index contributed by atoms with van der Waals surface area (Å²) in [5.74, 6) is 0.0381. The zero-order valence-corrected chi connectivity index (χ0v) is 19.9. The number of anilines is 2. The lowest BCUT2D eigenvalue weighted by Crippen LogP contribution is -2.24. The van der Waals surface area contributed by atoms with Gasteiger partial charge in [-0.2, -0.15) is 18.2 Å². The van der Waals surface area contributed by atoms with Crippen LogP contribution in [-0.2, 0) is 0 Å². The van der Waals surface area contributed by atoms with Crippen LogP contribution in [0.5, 0.6) is 0 Å². The molecule has 1 aliphatic rings. The summed E-state index contributed by atoms with van der Waals surface area (Å²) in [4.78, 5) is 20.2. The van der Waals surface area contributed by atoms with E-state index in [2.05, 4.69) is 35.6 Å². The van der Waals surface area contributed by atoms with Crippen LogP contribution >= 0.6 is 11.3 Å². The number of aromatic nitrogens is 5. The second-order valence-corrected chi connectivity index (χ2v) is 9.81. The molecule has 0 amide bonds. The minimum absolute atomic E-state index is 0.164. The first-order chi connectivity index (χ1) is 17.2. The third-order valence-electron chi connectivity index (χ3n) is 6.17. The van der Waals surface area contributed by atoms with Crippen molar-refractivity contribution >= 4 is 33.3 Å². The monoisotopic (exact) mass is 519 g/mol. The number of fused-ring (bicyclic) bond motifs is 1. The molecule has 4 aromatic rings. The number of aryl methyl sites for hydroxylation is 1. The molecule has 3 aromatic heterocycles. The number of thiazole rings is 1. The number of alkyl halides is 3. The Morgan fingerprint density at radius 2 is 2.00 bits per heavy atom. The van der Waals surface area contributed by atoms with Gasteiger partial charge in [0.05, 0.1) is 27.6 Å². The van der Waals surface area contributed by atoms with Gasteiger partial charge in [-0.15, -0.1) is 11.3 Å². The Kier molecular flexibility index (Phi) is 6.53. The predicted octanol–water partition coefficient (Wildman–Crippen LogP) is 4.04. The maximum absolute atomic E-state index is 12.8. The summed E-state index contributed by atoms with van der Waals surface area (Å²) in [6.07, 6.45) is -2.38. The standard InChI is InChI=1S/C23H24F3N7O2S/c1-11-17(21-32-14-4-2-3-5-16(14)36-21)19(33-22(30-11)29-10-23(24,25)26)31-12-8-13(15(34)9-12)18(35)20-27-6-7-28-20/h2-7,12-13,15,18,34-35H,8-10H2,1H3,(H,27,28)(H2,29,30,31,33)/t12-,13?,15+,18?/m1/s1. The molecule has 1 aromatic carbocycles. The SMILES string of the molecule is Cc1nc(NCC(F)(F)F)nc(N[C@@H]2CC(C(O)c3ncc[nH]3)[C@@H](O)C2)c1-c1nc2ccccc2s1. The second kappa shape index (κ2) is 9.64. The van der Waals surface area contributed by atoms with Crippen molar-refractivity contribution in [3.8, 4) is 10.6 Å². The second-order valence-electron chi connectivity index (χ2n) is 8.77. The van der Waals surface area contributed by atoms with Gasteiger partial charge in [0.2, 0.25) is 5.95 Å². The fourth-order valence-electron chi connectivity index (χ4n) is 4.51. The van der Waals surface area contributed by atoms with Gasteiger partial charge in [-0.3, -0.25) is 0 Å². The lowest BCUT2D eigenvalue weighted by Gasteiger charge is -2.20. The molecule has 3 heterocycles. The fraction of sp³-hybridized carbons (Fsp3) is 0.391. The average molecular weight is 520 g/mol. The van der Waals surface area contributed by atoms with Crippen LogP contribution in [0.1, 0.15) is 30.5 Å². The molecule has 1 aliphatic carbocycles. The summed E-state index contributed by atoms with van der Waals surface area (Å²) in [6.45, 7) is 0.423. The third-order valence-corrected chi connectivity index (χ3v) is 7.22. The van der Waals surface area contributed by atoms with Crippen molar-refractivity contribution < 1.29 is 23.4 Å². The molecule has 36 heavy (non-hydrogen) atoms. The maximum atomic E-state index is 12.8. The van der Waals surface area contributed by atoms with Gasteiger partial charge in [0.25, 0.3) is 0 Å². The Balaban J connectivity index is 1.46. The summed E-state index contributed by atoms with van der Waals surface area (Å²) in [5, 5.41) is 27.5. The van der Waals surface area contributed by atoms with Gasteiger partial charge >= 0.3 is 6.18 Å². The first-order valence-electron chi connectivity index (χ1n) is 11.3. The molecule has 5 rings (SSSR count). The Morgan fingerprint density at radius 1 is 1.19 bits per heavy atom. The molecule has 4 atom stereocenters. The van der Waals surface area contributed by atoms with E-state index in [9.17, 15) is 23.4 Å². The Hall–Kier alpha value is -3.29. The molecule has 9 nitrogen and oxygen atoms in total. The van der Waals surface area contributed by atoms with Crippen LogP contribution < -0.4 is 10.6 Å². The minimum Gasteiger partial charge on any atom is -0.393 e. The zero-order valence-electron chi connectivity index (χ0n) is 19.1. The summed E-state index contributed by atoms with van der Waals surface area (Å²) >= 11 is 1.43. The number of aliphatic hydroxyl groups excluding tert-OH is 2. The van der Waals surface area contributed by atoms with Crippen molar-refractivity contribution in [3.63, 3.8) is 0 Å². The molecular weight excluding hydrogens is 495 g/mol. The van der Waals surface area contributed by atoms with E-state index in [4.69, 9.17) is 0 Å². The van der Waals surface area contributed by atoms with Crippen LogP contribution in [0.3, 0.4) is 0 Å². The number of rotatable bonds is 7. The Morgan fingerprint density at radius 3 is 2.72 bits per heavy atom. The average Bonchev–Trinajstić information content (AvgIpc) is 3.56. The molecule has 0 aliphatic heterocycles. The number of para-hydroxylation sites is 1. The van der Waals surface area contributed by atoms with E-state index in [1.165, 1.54) is 17.5 Å². The molecular formula is C23H24F3N7O2S. The van der Waals surface area contributed by atoms with Crippen LogP contribution in [0.15, 0.2) is 36.7 Å². The number of hydrogen-bond acceptors (Lipinski definition) is 9. The van der Waals surface area contributed by atoms with Crippen molar-refractivity contribution in [2.45, 2.75) is 44.2 Å². The summed E-state index contributed by atoms with van der Waals surface area (Å²) in [5.41, 5.74) is 1.83. The topological polar surface area (TPSA) is 132 Å². The lowest BCUT2D eigenvalue weighted by atomic mass is 9.98. The normalized spacial score (nSPS) is 21.1. The van der Waals surface area contributed by atoms with E-state index in [1.54, 1.807) is 13.1 Å². The molecule has 2 unspecified atom stereocenters. The number of nitrogens with zero attached hydrogens (tertiary/aromatic N) is 4. The van der Waals surface area contributed by atoms with Gasteiger partial charge in [0.1, 0.15) is 29.3 Å². The molecule has 0 radical (unpaired) electrons. The highest BCUT2D eigenvalue weighted by molar-refractivity contribution is 7.21. The van der Waals surface area contributed by atoms with E-state index in [1.807, 2.05) is 24.3 Å². The Bertz CT molecular complexity index is 1310. The van der Waals surface area contributed by atoms with Crippen molar-refractivity contribution in [2.24, 2.45) is 5.92 Å². The number of aliphatic hydroxyl groups is 2. The number of benzene rings is 1. The van der Waals surface area contributed by atoms with Crippen molar-refractivity contribution in [1.82, 2.24) is 24.9 Å². The van der Waals surface area contributed by atoms with Gasteiger partial charge < -0.3 is 25.8 Å². The van der Waals surface area contributed by atoms with Crippen LogP contribution in [-0.4, -0.2) is 60.0 Å². The van der Waals surface area contributed by atoms with Crippen LogP contribution in [0.2, 0.25) is 0 Å². The summed E-state index contributed by atoms with van der Waals surface area (Å²) in [6, 6.07) is 7.30. The number of halogens is 3. The quantitative estimate of drug-likeness (QED) is 0.247. The van der Waals surface area contributed by atoms with E-state index in [0.29, 0.717) is 40.7 Å². The molecule has 5 N–H and O–H groups in total. The fourth-order valence-corrected chi connectivity index (χ4v) is 5.58. The summed E-state index contributed by atoms with van der Waals surface area (Å²) in [7, 11) is 0. The molecule has 13 heteroatoms. The van der Waals surface area contributed by atoms with Gasteiger partial charge in [0.15, 0.2) is 0 Å². The third kappa shape index (κ3) is 5.13. The molecule has 0 saturated heterocycles. The smallest absolute Gasteiger partial charge is 0.393 e. The molecule has 1 saturated carbocycles. The first kappa shape index (κ1) is 24.4. The van der Waals surface area contributed by atoms with Gasteiger partial charge in [0, 0.05) is 24.4 Å². The van der Waals surface area contributed by atoms with Gasteiger partial charge in [-0.25, -0.2) is 15.0 Å². The number of H-pyrrole nitrogens is 1. The van der Waals surface area contributed by atoms with Crippen LogP contribution in [0.25, 0.3) is 20.8 Å². The van der Waals surface area contributed by atoms with E-state index in [-0.39, 0.29) is 12.0 Å². The van der Waals surface area contributed by atoms with E-state index >= 15 is 0 Å². The van der Waals surface area contributed by atoms with E-state index < -0.39 is 30.8 Å². The molecule has 0 bridgehead atoms. The minimum atomic E-state index is -4.43. The molecule has 0 spiro atoms. The predicted molar refractivity (Wildman–Crippen MR) is 130 cm³/mol. The zero-order chi connectivity index (χ0) is 25.4. The molecule has 190 valence electrons. The summed E-state index contributed by atoms with van der Waals surface area (Å²) < 4.78 is 39.4. The number of aromatic amines is 1. The number of hydrogen-bond donors (Lipinski definition) is 5. The highest BCUT2D eigenvalue weighted by Crippen LogP contribution is 2.40. The Labute approximate surface area is 207 Å². The lowest BCUT2D eigenvalue weighted by molar-refractivity contribution is -0.115. The van der Waals surface area contributed by atoms with Crippen molar-refractivity contribution in [2.75, 3.05) is 17.2 Å². The highest BCUT2D eigenvalue weighted by Gasteiger charge is 2.39. The number of imidazole rings is 1. The molecule has 1 fully saturated rings. The van der Waals surface area contributed by atoms with Crippen LogP contribution in [0.4, 0.5) is 24.9 Å². The van der Waals surface area contributed by atoms with Gasteiger partial charge in [-0.05, 0) is 31.9 Å². The largest absolute Gasteiger partial charge is 0.405 e. The number of nitrogens with one attached hydrogen (secondary N) is 3. The first-order valence-corrected chi connectivity index (χ1v) is 12.2. The van der Waals surface area contributed by atoms with Crippen molar-refractivity contribution in [3.05, 3.63) is 48.2 Å². The van der Waals surface area contributed by atoms with E-state index in [0.717, 1.165) is 10.2 Å². The van der Waals surface area contributed by atoms with Crippen LogP contribution in [0, 0.1) is 12.8 Å². The van der Waals surface area contributed by atoms with Gasteiger partial charge in [-0.1, -0.05) is 12.1 Å². The maximum Gasteiger partial charge on any atom is 0.405 e. The van der Waals surface area contributed by atoms with Crippen molar-refractivity contribution in [1.29, 1.82) is 0 Å².